The molecule has 0 aliphatic carbocycles. The molecule has 3 heteroatoms. The fraction of sp³-hybridized carbons (Fsp3) is 0.250. The Morgan fingerprint density at radius 1 is 1.27 bits per heavy atom. The van der Waals surface area contributed by atoms with Gasteiger partial charge in [0.15, 0.2) is 0 Å². The third-order valence-electron chi connectivity index (χ3n) is 1.55. The van der Waals surface area contributed by atoms with Crippen molar-refractivity contribution in [3.8, 4) is 0 Å². The van der Waals surface area contributed by atoms with E-state index in [0.717, 1.165) is 12.0 Å². The zero-order chi connectivity index (χ0) is 8.43. The minimum Gasteiger partial charge on any atom is -0.396 e. The zero-order valence-electron chi connectivity index (χ0n) is 6.20. The molecule has 0 atom stereocenters. The summed E-state index contributed by atoms with van der Waals surface area (Å²) in [5, 5.41) is 1.07. The lowest BCUT2D eigenvalue weighted by Crippen LogP contribution is -1.90. The van der Waals surface area contributed by atoms with Crippen molar-refractivity contribution in [2.75, 3.05) is 5.73 Å². The quantitative estimate of drug-likeness (QED) is 0.676. The molecule has 1 aromatic carbocycles. The van der Waals surface area contributed by atoms with Gasteiger partial charge < -0.3 is 5.73 Å². The van der Waals surface area contributed by atoms with Crippen molar-refractivity contribution in [1.29, 1.82) is 0 Å². The van der Waals surface area contributed by atoms with Gasteiger partial charge in [0, 0.05) is 0 Å². The van der Waals surface area contributed by atoms with Crippen molar-refractivity contribution in [3.63, 3.8) is 0 Å². The zero-order valence-corrected chi connectivity index (χ0v) is 7.71. The normalized spacial score (nSPS) is 10.1. The Morgan fingerprint density at radius 2 is 1.73 bits per heavy atom. The molecule has 0 radical (unpaired) electrons. The van der Waals surface area contributed by atoms with Crippen molar-refractivity contribution < 1.29 is 0 Å². The third-order valence-corrected chi connectivity index (χ3v) is 2.17. The maximum atomic E-state index is 5.79. The first kappa shape index (κ1) is 8.69. The number of anilines is 1. The second kappa shape index (κ2) is 3.33. The molecular formula is C8H9Cl2N. The maximum absolute atomic E-state index is 5.79. The molecule has 1 rings (SSSR count). The monoisotopic (exact) mass is 189 g/mol. The number of hydrogen-bond acceptors (Lipinski definition) is 1. The summed E-state index contributed by atoms with van der Waals surface area (Å²) >= 11 is 11.6. The summed E-state index contributed by atoms with van der Waals surface area (Å²) in [6.45, 7) is 2.04. The van der Waals surface area contributed by atoms with Crippen LogP contribution in [0.4, 0.5) is 5.69 Å². The molecule has 2 N–H and O–H groups in total. The van der Waals surface area contributed by atoms with Crippen molar-refractivity contribution in [2.45, 2.75) is 13.3 Å². The fourth-order valence-corrected chi connectivity index (χ4v) is 1.37. The highest BCUT2D eigenvalue weighted by Crippen LogP contribution is 2.28. The van der Waals surface area contributed by atoms with E-state index in [1.807, 2.05) is 19.1 Å². The lowest BCUT2D eigenvalue weighted by molar-refractivity contribution is 1.14. The molecule has 1 nitrogen and oxygen atoms in total. The highest BCUT2D eigenvalue weighted by molar-refractivity contribution is 6.38. The third kappa shape index (κ3) is 1.79. The largest absolute Gasteiger partial charge is 0.396 e. The Hall–Kier alpha value is -0.400. The van der Waals surface area contributed by atoms with Crippen LogP contribution in [0.15, 0.2) is 12.1 Å². The summed E-state index contributed by atoms with van der Waals surface area (Å²) in [5.41, 5.74) is 7.11. The number of nitrogen functional groups attached to an aromatic ring is 1. The number of rotatable bonds is 1. The van der Waals surface area contributed by atoms with Gasteiger partial charge in [-0.3, -0.25) is 0 Å². The number of hydrogen-bond donors (Lipinski definition) is 1. The predicted molar refractivity (Wildman–Crippen MR) is 50.3 cm³/mol. The first-order chi connectivity index (χ1) is 5.15. The van der Waals surface area contributed by atoms with E-state index in [4.69, 9.17) is 28.9 Å². The number of benzene rings is 1. The van der Waals surface area contributed by atoms with E-state index in [-0.39, 0.29) is 0 Å². The van der Waals surface area contributed by atoms with Gasteiger partial charge in [0.05, 0.1) is 15.7 Å². The number of aryl methyl sites for hydroxylation is 1. The minimum atomic E-state index is 0.463. The Morgan fingerprint density at radius 3 is 2.09 bits per heavy atom. The van der Waals surface area contributed by atoms with Crippen LogP contribution in [0.3, 0.4) is 0 Å². The van der Waals surface area contributed by atoms with Crippen LogP contribution in [-0.2, 0) is 6.42 Å². The molecule has 0 unspecified atom stereocenters. The van der Waals surface area contributed by atoms with E-state index in [9.17, 15) is 0 Å². The Balaban J connectivity index is 3.21. The summed E-state index contributed by atoms with van der Waals surface area (Å²) in [7, 11) is 0. The summed E-state index contributed by atoms with van der Waals surface area (Å²) in [6.07, 6.45) is 0.916. The second-order valence-electron chi connectivity index (χ2n) is 2.33. The lowest BCUT2D eigenvalue weighted by atomic mass is 10.1. The van der Waals surface area contributed by atoms with Crippen LogP contribution in [0.1, 0.15) is 12.5 Å². The topological polar surface area (TPSA) is 26.0 Å². The Bertz CT molecular complexity index is 248. The van der Waals surface area contributed by atoms with Gasteiger partial charge in [-0.05, 0) is 24.1 Å². The van der Waals surface area contributed by atoms with Crippen molar-refractivity contribution in [2.24, 2.45) is 0 Å². The Labute approximate surface area is 76.1 Å². The number of nitrogens with two attached hydrogens (primary N) is 1. The maximum Gasteiger partial charge on any atom is 0.0693 e. The summed E-state index contributed by atoms with van der Waals surface area (Å²) in [5.74, 6) is 0. The van der Waals surface area contributed by atoms with Gasteiger partial charge in [-0.25, -0.2) is 0 Å². The molecule has 60 valence electrons. The lowest BCUT2D eigenvalue weighted by Gasteiger charge is -2.03. The van der Waals surface area contributed by atoms with Gasteiger partial charge in [0.2, 0.25) is 0 Å². The van der Waals surface area contributed by atoms with Crippen molar-refractivity contribution >= 4 is 28.9 Å². The van der Waals surface area contributed by atoms with Gasteiger partial charge in [0.1, 0.15) is 0 Å². The van der Waals surface area contributed by atoms with Gasteiger partial charge in [0.25, 0.3) is 0 Å². The van der Waals surface area contributed by atoms with Gasteiger partial charge in [-0.1, -0.05) is 30.1 Å². The molecule has 0 saturated carbocycles. The molecule has 0 heterocycles. The van der Waals surface area contributed by atoms with E-state index in [1.165, 1.54) is 0 Å². The summed E-state index contributed by atoms with van der Waals surface area (Å²) < 4.78 is 0. The molecule has 0 fully saturated rings. The van der Waals surface area contributed by atoms with Gasteiger partial charge in [-0.2, -0.15) is 0 Å². The highest BCUT2D eigenvalue weighted by atomic mass is 35.5. The van der Waals surface area contributed by atoms with E-state index in [1.54, 1.807) is 0 Å². The molecule has 1 aromatic rings. The SMILES string of the molecule is CCc1cc(Cl)c(N)c(Cl)c1. The molecule has 0 aliphatic rings. The first-order valence-electron chi connectivity index (χ1n) is 3.38. The smallest absolute Gasteiger partial charge is 0.0693 e. The van der Waals surface area contributed by atoms with Crippen LogP contribution in [0, 0.1) is 0 Å². The van der Waals surface area contributed by atoms with E-state index < -0.39 is 0 Å². The molecule has 11 heavy (non-hydrogen) atoms. The molecule has 0 amide bonds. The van der Waals surface area contributed by atoms with Crippen LogP contribution in [-0.4, -0.2) is 0 Å². The minimum absolute atomic E-state index is 0.463. The second-order valence-corrected chi connectivity index (χ2v) is 3.14. The summed E-state index contributed by atoms with van der Waals surface area (Å²) in [6, 6.07) is 3.67. The number of halogens is 2. The molecule has 0 aliphatic heterocycles. The Kier molecular flexibility index (Phi) is 2.63. The van der Waals surface area contributed by atoms with E-state index in [0.29, 0.717) is 15.7 Å². The van der Waals surface area contributed by atoms with Crippen molar-refractivity contribution in [1.82, 2.24) is 0 Å². The van der Waals surface area contributed by atoms with Crippen LogP contribution in [0.25, 0.3) is 0 Å². The van der Waals surface area contributed by atoms with Crippen molar-refractivity contribution in [3.05, 3.63) is 27.7 Å². The van der Waals surface area contributed by atoms with E-state index >= 15 is 0 Å². The molecule has 0 aromatic heterocycles. The van der Waals surface area contributed by atoms with Crippen LogP contribution < -0.4 is 5.73 Å². The standard InChI is InChI=1S/C8H9Cl2N/c1-2-5-3-6(9)8(11)7(10)4-5/h3-4H,2,11H2,1H3. The van der Waals surface area contributed by atoms with Crippen LogP contribution in [0.2, 0.25) is 10.0 Å². The van der Waals surface area contributed by atoms with Crippen LogP contribution >= 0.6 is 23.2 Å². The average Bonchev–Trinajstić information content (AvgIpc) is 1.99. The van der Waals surface area contributed by atoms with Gasteiger partial charge >= 0.3 is 0 Å². The molecule has 0 saturated heterocycles. The summed E-state index contributed by atoms with van der Waals surface area (Å²) in [4.78, 5) is 0. The average molecular weight is 190 g/mol. The first-order valence-corrected chi connectivity index (χ1v) is 4.14. The van der Waals surface area contributed by atoms with E-state index in [2.05, 4.69) is 0 Å². The fourth-order valence-electron chi connectivity index (χ4n) is 0.841. The molecule has 0 spiro atoms. The van der Waals surface area contributed by atoms with Crippen LogP contribution in [0.5, 0.6) is 0 Å². The van der Waals surface area contributed by atoms with Gasteiger partial charge in [-0.15, -0.1) is 0 Å². The highest BCUT2D eigenvalue weighted by Gasteiger charge is 2.02. The molecule has 0 bridgehead atoms. The predicted octanol–water partition coefficient (Wildman–Crippen LogP) is 3.14. The molecular weight excluding hydrogens is 181 g/mol.